The number of carbonyl (C=O) groups is 1. The highest BCUT2D eigenvalue weighted by molar-refractivity contribution is 7.89. The van der Waals surface area contributed by atoms with Gasteiger partial charge in [-0.1, -0.05) is 6.92 Å². The van der Waals surface area contributed by atoms with E-state index in [1.54, 1.807) is 13.1 Å². The van der Waals surface area contributed by atoms with Crippen LogP contribution in [0.2, 0.25) is 0 Å². The molecule has 0 aliphatic rings. The van der Waals surface area contributed by atoms with E-state index in [9.17, 15) is 13.2 Å². The number of aryl methyl sites for hydroxylation is 2. The Morgan fingerprint density at radius 2 is 2.00 bits per heavy atom. The summed E-state index contributed by atoms with van der Waals surface area (Å²) in [5, 5.41) is 8.99. The summed E-state index contributed by atoms with van der Waals surface area (Å²) in [5.41, 5.74) is 2.19. The molecular weight excluding hydrogens is 316 g/mol. The first kappa shape index (κ1) is 17.1. The van der Waals surface area contributed by atoms with Crippen LogP contribution in [0, 0.1) is 6.92 Å². The summed E-state index contributed by atoms with van der Waals surface area (Å²) in [7, 11) is -3.73. The third-order valence-corrected chi connectivity index (χ3v) is 4.87. The van der Waals surface area contributed by atoms with Crippen molar-refractivity contribution in [2.75, 3.05) is 0 Å². The molecule has 0 unspecified atom stereocenters. The normalized spacial score (nSPS) is 11.4. The number of hydrogen-bond donors (Lipinski definition) is 2. The fourth-order valence-electron chi connectivity index (χ4n) is 2.14. The van der Waals surface area contributed by atoms with Crippen molar-refractivity contribution in [3.63, 3.8) is 0 Å². The van der Waals surface area contributed by atoms with Gasteiger partial charge in [0, 0.05) is 6.20 Å². The minimum absolute atomic E-state index is 0.0339. The van der Waals surface area contributed by atoms with Crippen LogP contribution in [-0.2, 0) is 23.0 Å². The van der Waals surface area contributed by atoms with E-state index in [1.807, 2.05) is 19.1 Å². The third-order valence-electron chi connectivity index (χ3n) is 3.47. The average molecular weight is 334 g/mol. The molecule has 0 bridgehead atoms. The lowest BCUT2D eigenvalue weighted by Crippen LogP contribution is -2.24. The number of benzene rings is 1. The molecule has 1 aromatic carbocycles. The first-order valence-corrected chi connectivity index (χ1v) is 8.59. The molecule has 1 heterocycles. The molecule has 0 aliphatic heterocycles. The molecule has 23 heavy (non-hydrogen) atoms. The lowest BCUT2D eigenvalue weighted by atomic mass is 10.1. The molecule has 1 aromatic heterocycles. The number of rotatable bonds is 6. The highest BCUT2D eigenvalue weighted by Crippen LogP contribution is 2.16. The Morgan fingerprint density at radius 1 is 1.26 bits per heavy atom. The van der Waals surface area contributed by atoms with Crippen LogP contribution in [0.4, 0.5) is 0 Å². The molecule has 2 N–H and O–H groups in total. The molecule has 6 nitrogen and oxygen atoms in total. The molecule has 0 atom stereocenters. The number of pyridine rings is 1. The molecule has 0 amide bonds. The predicted molar refractivity (Wildman–Crippen MR) is 85.8 cm³/mol. The van der Waals surface area contributed by atoms with E-state index < -0.39 is 16.0 Å². The SMILES string of the molecule is CCc1ccnc(CNS(=O)(=O)c2ccc(C(=O)O)c(C)c2)c1. The molecule has 0 radical (unpaired) electrons. The number of hydrogen-bond acceptors (Lipinski definition) is 4. The Morgan fingerprint density at radius 3 is 2.61 bits per heavy atom. The monoisotopic (exact) mass is 334 g/mol. The van der Waals surface area contributed by atoms with Gasteiger partial charge in [-0.2, -0.15) is 0 Å². The average Bonchev–Trinajstić information content (AvgIpc) is 2.52. The van der Waals surface area contributed by atoms with Gasteiger partial charge in [0.25, 0.3) is 0 Å². The molecule has 0 fully saturated rings. The fourth-order valence-corrected chi connectivity index (χ4v) is 3.22. The molecule has 0 spiro atoms. The Labute approximate surface area is 135 Å². The zero-order chi connectivity index (χ0) is 17.0. The highest BCUT2D eigenvalue weighted by Gasteiger charge is 2.17. The molecule has 0 saturated carbocycles. The van der Waals surface area contributed by atoms with Gasteiger partial charge in [-0.25, -0.2) is 17.9 Å². The Hall–Kier alpha value is -2.25. The van der Waals surface area contributed by atoms with E-state index in [-0.39, 0.29) is 17.0 Å². The van der Waals surface area contributed by atoms with E-state index in [0.717, 1.165) is 12.0 Å². The van der Waals surface area contributed by atoms with Crippen LogP contribution in [0.25, 0.3) is 0 Å². The van der Waals surface area contributed by atoms with Gasteiger partial charge in [-0.3, -0.25) is 4.98 Å². The Balaban J connectivity index is 2.18. The second-order valence-corrected chi connectivity index (χ2v) is 6.88. The molecule has 0 aliphatic carbocycles. The standard InChI is InChI=1S/C16H18N2O4S/c1-3-12-6-7-17-13(9-12)10-18-23(21,22)14-4-5-15(16(19)20)11(2)8-14/h4-9,18H,3,10H2,1-2H3,(H,19,20). The van der Waals surface area contributed by atoms with Crippen molar-refractivity contribution in [3.05, 3.63) is 58.9 Å². The van der Waals surface area contributed by atoms with Crippen LogP contribution in [0.15, 0.2) is 41.4 Å². The van der Waals surface area contributed by atoms with Crippen LogP contribution in [0.1, 0.15) is 34.1 Å². The van der Waals surface area contributed by atoms with E-state index in [0.29, 0.717) is 11.3 Å². The quantitative estimate of drug-likeness (QED) is 0.843. The summed E-state index contributed by atoms with van der Waals surface area (Å²) in [6, 6.07) is 7.66. The lowest BCUT2D eigenvalue weighted by molar-refractivity contribution is 0.0696. The van der Waals surface area contributed by atoms with Crippen molar-refractivity contribution >= 4 is 16.0 Å². The van der Waals surface area contributed by atoms with Crippen LogP contribution < -0.4 is 4.72 Å². The third kappa shape index (κ3) is 4.14. The van der Waals surface area contributed by atoms with Crippen LogP contribution in [-0.4, -0.2) is 24.5 Å². The first-order chi connectivity index (χ1) is 10.8. The summed E-state index contributed by atoms with van der Waals surface area (Å²) >= 11 is 0. The molecule has 7 heteroatoms. The maximum absolute atomic E-state index is 12.3. The van der Waals surface area contributed by atoms with Gasteiger partial charge < -0.3 is 5.11 Å². The molecule has 122 valence electrons. The molecule has 2 rings (SSSR count). The van der Waals surface area contributed by atoms with Crippen molar-refractivity contribution in [2.24, 2.45) is 0 Å². The van der Waals surface area contributed by atoms with Crippen LogP contribution in [0.5, 0.6) is 0 Å². The maximum Gasteiger partial charge on any atom is 0.335 e. The number of carboxylic acids is 1. The van der Waals surface area contributed by atoms with Gasteiger partial charge >= 0.3 is 5.97 Å². The predicted octanol–water partition coefficient (Wildman–Crippen LogP) is 2.13. The van der Waals surface area contributed by atoms with Crippen molar-refractivity contribution in [3.8, 4) is 0 Å². The van der Waals surface area contributed by atoms with E-state index in [2.05, 4.69) is 9.71 Å². The zero-order valence-electron chi connectivity index (χ0n) is 12.9. The molecule has 0 saturated heterocycles. The summed E-state index contributed by atoms with van der Waals surface area (Å²) in [4.78, 5) is 15.1. The van der Waals surface area contributed by atoms with Crippen LogP contribution >= 0.6 is 0 Å². The summed E-state index contributed by atoms with van der Waals surface area (Å²) < 4.78 is 27.1. The van der Waals surface area contributed by atoms with Gasteiger partial charge in [-0.15, -0.1) is 0 Å². The largest absolute Gasteiger partial charge is 0.478 e. The number of aromatic carboxylic acids is 1. The van der Waals surface area contributed by atoms with E-state index >= 15 is 0 Å². The van der Waals surface area contributed by atoms with Gasteiger partial charge in [0.1, 0.15) is 0 Å². The number of aromatic nitrogens is 1. The molecular formula is C16H18N2O4S. The number of nitrogens with zero attached hydrogens (tertiary/aromatic N) is 1. The second kappa shape index (κ2) is 6.89. The van der Waals surface area contributed by atoms with Crippen molar-refractivity contribution < 1.29 is 18.3 Å². The van der Waals surface area contributed by atoms with Crippen molar-refractivity contribution in [1.29, 1.82) is 0 Å². The summed E-state index contributed by atoms with van der Waals surface area (Å²) in [6.45, 7) is 3.65. The van der Waals surface area contributed by atoms with Crippen molar-refractivity contribution in [2.45, 2.75) is 31.7 Å². The van der Waals surface area contributed by atoms with Crippen molar-refractivity contribution in [1.82, 2.24) is 9.71 Å². The van der Waals surface area contributed by atoms with Gasteiger partial charge in [0.05, 0.1) is 22.7 Å². The van der Waals surface area contributed by atoms with Gasteiger partial charge in [0.15, 0.2) is 0 Å². The second-order valence-electron chi connectivity index (χ2n) is 5.12. The Kier molecular flexibility index (Phi) is 5.12. The minimum Gasteiger partial charge on any atom is -0.478 e. The number of nitrogens with one attached hydrogen (secondary N) is 1. The smallest absolute Gasteiger partial charge is 0.335 e. The van der Waals surface area contributed by atoms with Crippen LogP contribution in [0.3, 0.4) is 0 Å². The van der Waals surface area contributed by atoms with E-state index in [1.165, 1.54) is 18.2 Å². The number of sulfonamides is 1. The summed E-state index contributed by atoms with van der Waals surface area (Å²) in [6.07, 6.45) is 2.49. The highest BCUT2D eigenvalue weighted by atomic mass is 32.2. The van der Waals surface area contributed by atoms with E-state index in [4.69, 9.17) is 5.11 Å². The molecule has 2 aromatic rings. The maximum atomic E-state index is 12.3. The summed E-state index contributed by atoms with van der Waals surface area (Å²) in [5.74, 6) is -1.08. The topological polar surface area (TPSA) is 96.4 Å². The van der Waals surface area contributed by atoms with Gasteiger partial charge in [0.2, 0.25) is 10.0 Å². The lowest BCUT2D eigenvalue weighted by Gasteiger charge is -2.09. The number of carboxylic acid groups (broad SMARTS) is 1. The minimum atomic E-state index is -3.73. The zero-order valence-corrected chi connectivity index (χ0v) is 13.7. The fraction of sp³-hybridized carbons (Fsp3) is 0.250. The Bertz CT molecular complexity index is 832. The van der Waals surface area contributed by atoms with Gasteiger partial charge in [-0.05, 0) is 54.8 Å². The first-order valence-electron chi connectivity index (χ1n) is 7.11.